The van der Waals surface area contributed by atoms with Gasteiger partial charge in [0.1, 0.15) is 0 Å². The molecular formula is C13H13NO. The smallest absolute Gasteiger partial charge is 0.256 e. The Bertz CT molecular complexity index is 579. The Morgan fingerprint density at radius 3 is 2.80 bits per heavy atom. The van der Waals surface area contributed by atoms with Gasteiger partial charge < -0.3 is 4.98 Å². The number of hydrogen-bond donors (Lipinski definition) is 1. The minimum atomic E-state index is 0.0207. The molecule has 0 saturated heterocycles. The first-order valence-electron chi connectivity index (χ1n) is 5.37. The number of pyridine rings is 1. The highest BCUT2D eigenvalue weighted by atomic mass is 16.1. The van der Waals surface area contributed by atoms with Crippen LogP contribution in [0.15, 0.2) is 29.1 Å². The minimum absolute atomic E-state index is 0.0207. The minimum Gasteiger partial charge on any atom is -0.326 e. The van der Waals surface area contributed by atoms with Crippen molar-refractivity contribution in [3.8, 4) is 0 Å². The molecule has 1 aromatic carbocycles. The van der Waals surface area contributed by atoms with E-state index in [1.807, 2.05) is 19.1 Å². The highest BCUT2D eigenvalue weighted by Crippen LogP contribution is 2.40. The Kier molecular flexibility index (Phi) is 1.72. The zero-order valence-electron chi connectivity index (χ0n) is 8.71. The highest BCUT2D eigenvalue weighted by Gasteiger charge is 2.23. The van der Waals surface area contributed by atoms with E-state index in [9.17, 15) is 4.79 Å². The Balaban J connectivity index is 2.29. The maximum absolute atomic E-state index is 11.6. The fourth-order valence-electron chi connectivity index (χ4n) is 2.09. The third kappa shape index (κ3) is 1.46. The molecule has 1 fully saturated rings. The number of benzene rings is 1. The summed E-state index contributed by atoms with van der Waals surface area (Å²) < 4.78 is 0. The lowest BCUT2D eigenvalue weighted by atomic mass is 10.1. The molecule has 3 rings (SSSR count). The predicted molar refractivity (Wildman–Crippen MR) is 61.3 cm³/mol. The number of rotatable bonds is 1. The summed E-state index contributed by atoms with van der Waals surface area (Å²) in [4.78, 5) is 14.5. The van der Waals surface area contributed by atoms with Crippen molar-refractivity contribution >= 4 is 10.8 Å². The first kappa shape index (κ1) is 8.72. The molecule has 0 amide bonds. The molecule has 1 heterocycles. The molecule has 0 bridgehead atoms. The molecule has 0 aliphatic heterocycles. The van der Waals surface area contributed by atoms with Crippen molar-refractivity contribution in [1.82, 2.24) is 4.98 Å². The molecule has 0 unspecified atom stereocenters. The quantitative estimate of drug-likeness (QED) is 0.752. The summed E-state index contributed by atoms with van der Waals surface area (Å²) in [5.74, 6) is 0.744. The maximum atomic E-state index is 11.6. The average molecular weight is 199 g/mol. The standard InChI is InChI=1S/C13H13NO/c1-8-6-11-7-10(9-2-3-9)4-5-12(11)13(15)14-8/h4-7,9H,2-3H2,1H3,(H,14,15). The molecule has 1 N–H and O–H groups in total. The zero-order chi connectivity index (χ0) is 10.4. The van der Waals surface area contributed by atoms with E-state index < -0.39 is 0 Å². The van der Waals surface area contributed by atoms with Crippen LogP contribution in [0.25, 0.3) is 10.8 Å². The van der Waals surface area contributed by atoms with Gasteiger partial charge in [0.05, 0.1) is 0 Å². The largest absolute Gasteiger partial charge is 0.326 e. The van der Waals surface area contributed by atoms with E-state index in [0.717, 1.165) is 22.4 Å². The van der Waals surface area contributed by atoms with Crippen LogP contribution < -0.4 is 5.56 Å². The second kappa shape index (κ2) is 2.96. The molecule has 2 heteroatoms. The number of fused-ring (bicyclic) bond motifs is 1. The van der Waals surface area contributed by atoms with Crippen molar-refractivity contribution in [3.05, 3.63) is 45.9 Å². The highest BCUT2D eigenvalue weighted by molar-refractivity contribution is 5.82. The van der Waals surface area contributed by atoms with E-state index in [0.29, 0.717) is 0 Å². The van der Waals surface area contributed by atoms with Crippen LogP contribution in [0.3, 0.4) is 0 Å². The van der Waals surface area contributed by atoms with Crippen LogP contribution in [0.4, 0.5) is 0 Å². The van der Waals surface area contributed by atoms with E-state index in [4.69, 9.17) is 0 Å². The maximum Gasteiger partial charge on any atom is 0.256 e. The lowest BCUT2D eigenvalue weighted by molar-refractivity contribution is 1.13. The summed E-state index contributed by atoms with van der Waals surface area (Å²) >= 11 is 0. The molecular weight excluding hydrogens is 186 g/mol. The van der Waals surface area contributed by atoms with E-state index in [1.54, 1.807) is 0 Å². The molecule has 1 saturated carbocycles. The Labute approximate surface area is 87.9 Å². The molecule has 1 aliphatic carbocycles. The van der Waals surface area contributed by atoms with Gasteiger partial charge in [-0.15, -0.1) is 0 Å². The summed E-state index contributed by atoms with van der Waals surface area (Å²) in [6.45, 7) is 1.92. The van der Waals surface area contributed by atoms with Crippen molar-refractivity contribution in [3.63, 3.8) is 0 Å². The molecule has 76 valence electrons. The Morgan fingerprint density at radius 1 is 1.27 bits per heavy atom. The number of H-pyrrole nitrogens is 1. The number of aryl methyl sites for hydroxylation is 1. The molecule has 15 heavy (non-hydrogen) atoms. The first-order chi connectivity index (χ1) is 7.24. The Hall–Kier alpha value is -1.57. The van der Waals surface area contributed by atoms with Gasteiger partial charge in [0.15, 0.2) is 0 Å². The first-order valence-corrected chi connectivity index (χ1v) is 5.37. The van der Waals surface area contributed by atoms with Crippen LogP contribution in [0, 0.1) is 6.92 Å². The van der Waals surface area contributed by atoms with Crippen LogP contribution in [-0.4, -0.2) is 4.98 Å². The topological polar surface area (TPSA) is 32.9 Å². The fourth-order valence-corrected chi connectivity index (χ4v) is 2.09. The summed E-state index contributed by atoms with van der Waals surface area (Å²) in [5.41, 5.74) is 2.33. The van der Waals surface area contributed by atoms with Crippen LogP contribution in [0.5, 0.6) is 0 Å². The lowest BCUT2D eigenvalue weighted by Gasteiger charge is -2.02. The zero-order valence-corrected chi connectivity index (χ0v) is 8.71. The van der Waals surface area contributed by atoms with E-state index in [1.165, 1.54) is 18.4 Å². The molecule has 2 aromatic rings. The normalized spacial score (nSPS) is 15.8. The van der Waals surface area contributed by atoms with E-state index in [2.05, 4.69) is 17.1 Å². The summed E-state index contributed by atoms with van der Waals surface area (Å²) in [5, 5.41) is 1.87. The van der Waals surface area contributed by atoms with Crippen LogP contribution in [0.2, 0.25) is 0 Å². The van der Waals surface area contributed by atoms with Gasteiger partial charge in [-0.25, -0.2) is 0 Å². The Morgan fingerprint density at radius 2 is 2.07 bits per heavy atom. The van der Waals surface area contributed by atoms with Gasteiger partial charge in [0.25, 0.3) is 5.56 Å². The van der Waals surface area contributed by atoms with Crippen molar-refractivity contribution in [2.24, 2.45) is 0 Å². The van der Waals surface area contributed by atoms with Crippen molar-refractivity contribution in [1.29, 1.82) is 0 Å². The molecule has 0 radical (unpaired) electrons. The lowest BCUT2D eigenvalue weighted by Crippen LogP contribution is -2.07. The predicted octanol–water partition coefficient (Wildman–Crippen LogP) is 2.71. The third-order valence-corrected chi connectivity index (χ3v) is 3.05. The number of aromatic nitrogens is 1. The van der Waals surface area contributed by atoms with Crippen LogP contribution in [-0.2, 0) is 0 Å². The fraction of sp³-hybridized carbons (Fsp3) is 0.308. The van der Waals surface area contributed by atoms with E-state index in [-0.39, 0.29) is 5.56 Å². The second-order valence-electron chi connectivity index (χ2n) is 4.40. The van der Waals surface area contributed by atoms with Gasteiger partial charge in [-0.2, -0.15) is 0 Å². The second-order valence-corrected chi connectivity index (χ2v) is 4.40. The van der Waals surface area contributed by atoms with Gasteiger partial charge in [-0.05, 0) is 48.8 Å². The number of nitrogens with one attached hydrogen (secondary N) is 1. The monoisotopic (exact) mass is 199 g/mol. The van der Waals surface area contributed by atoms with Gasteiger partial charge in [-0.3, -0.25) is 4.79 Å². The summed E-state index contributed by atoms with van der Waals surface area (Å²) in [6.07, 6.45) is 2.60. The van der Waals surface area contributed by atoms with Crippen molar-refractivity contribution in [2.75, 3.05) is 0 Å². The molecule has 0 spiro atoms. The summed E-state index contributed by atoms with van der Waals surface area (Å²) in [7, 11) is 0. The van der Waals surface area contributed by atoms with Gasteiger partial charge in [0.2, 0.25) is 0 Å². The van der Waals surface area contributed by atoms with Crippen molar-refractivity contribution in [2.45, 2.75) is 25.7 Å². The van der Waals surface area contributed by atoms with Gasteiger partial charge >= 0.3 is 0 Å². The van der Waals surface area contributed by atoms with Crippen LogP contribution >= 0.6 is 0 Å². The molecule has 1 aliphatic rings. The van der Waals surface area contributed by atoms with Crippen molar-refractivity contribution < 1.29 is 0 Å². The molecule has 0 atom stereocenters. The van der Waals surface area contributed by atoms with Crippen LogP contribution in [0.1, 0.15) is 30.0 Å². The number of aromatic amines is 1. The van der Waals surface area contributed by atoms with E-state index >= 15 is 0 Å². The number of hydrogen-bond acceptors (Lipinski definition) is 1. The SMILES string of the molecule is Cc1cc2cc(C3CC3)ccc2c(=O)[nH]1. The molecule has 2 nitrogen and oxygen atoms in total. The summed E-state index contributed by atoms with van der Waals surface area (Å²) in [6, 6.07) is 8.24. The molecule has 1 aromatic heterocycles. The van der Waals surface area contributed by atoms with Gasteiger partial charge in [0, 0.05) is 11.1 Å². The average Bonchev–Trinajstić information content (AvgIpc) is 2.99. The third-order valence-electron chi connectivity index (χ3n) is 3.05. The van der Waals surface area contributed by atoms with Gasteiger partial charge in [-0.1, -0.05) is 12.1 Å².